The van der Waals surface area contributed by atoms with Crippen molar-refractivity contribution in [1.82, 2.24) is 15.0 Å². The van der Waals surface area contributed by atoms with Gasteiger partial charge in [0.1, 0.15) is 5.76 Å². The highest BCUT2D eigenvalue weighted by molar-refractivity contribution is 9.10. The number of furan rings is 1. The van der Waals surface area contributed by atoms with Crippen molar-refractivity contribution >= 4 is 40.0 Å². The maximum Gasteiger partial charge on any atom is 0.250 e. The van der Waals surface area contributed by atoms with Gasteiger partial charge in [-0.25, -0.2) is 5.43 Å². The number of nitrogens with zero attached hydrogens (tertiary/aromatic N) is 6. The molecule has 4 heterocycles. The molecule has 10 nitrogen and oxygen atoms in total. The third-order valence-corrected chi connectivity index (χ3v) is 4.58. The quantitative estimate of drug-likeness (QED) is 0.548. The molecule has 0 amide bonds. The van der Waals surface area contributed by atoms with E-state index in [2.05, 4.69) is 51.2 Å². The molecule has 27 heavy (non-hydrogen) atoms. The molecular formula is C16H20BrN7O3. The summed E-state index contributed by atoms with van der Waals surface area (Å²) in [7, 11) is 0. The number of hydrazone groups is 1. The van der Waals surface area contributed by atoms with Crippen molar-refractivity contribution in [2.75, 3.05) is 67.8 Å². The Morgan fingerprint density at radius 3 is 2.04 bits per heavy atom. The normalized spacial score (nSPS) is 18.3. The Hall–Kier alpha value is -2.24. The molecule has 2 aliphatic heterocycles. The van der Waals surface area contributed by atoms with E-state index >= 15 is 0 Å². The third kappa shape index (κ3) is 4.73. The zero-order valence-electron chi connectivity index (χ0n) is 14.7. The number of nitrogens with one attached hydrogen (secondary N) is 1. The lowest BCUT2D eigenvalue weighted by molar-refractivity contribution is 0.121. The Labute approximate surface area is 164 Å². The molecule has 2 fully saturated rings. The predicted octanol–water partition coefficient (Wildman–Crippen LogP) is 1.35. The average molecular weight is 438 g/mol. The molecule has 0 unspecified atom stereocenters. The van der Waals surface area contributed by atoms with Gasteiger partial charge in [-0.05, 0) is 28.1 Å². The average Bonchev–Trinajstić information content (AvgIpc) is 3.14. The van der Waals surface area contributed by atoms with Crippen LogP contribution in [0.2, 0.25) is 0 Å². The zero-order valence-corrected chi connectivity index (χ0v) is 16.3. The highest BCUT2D eigenvalue weighted by Gasteiger charge is 2.20. The van der Waals surface area contributed by atoms with E-state index in [4.69, 9.17) is 13.9 Å². The molecular weight excluding hydrogens is 418 g/mol. The van der Waals surface area contributed by atoms with Gasteiger partial charge in [0.2, 0.25) is 17.8 Å². The number of halogens is 1. The minimum absolute atomic E-state index is 0.384. The van der Waals surface area contributed by atoms with E-state index in [1.165, 1.54) is 0 Å². The van der Waals surface area contributed by atoms with E-state index in [-0.39, 0.29) is 0 Å². The van der Waals surface area contributed by atoms with Crippen LogP contribution < -0.4 is 15.2 Å². The van der Waals surface area contributed by atoms with Crippen LogP contribution in [0.4, 0.5) is 17.8 Å². The third-order valence-electron chi connectivity index (χ3n) is 4.15. The van der Waals surface area contributed by atoms with Crippen molar-refractivity contribution in [2.45, 2.75) is 0 Å². The second-order valence-electron chi connectivity index (χ2n) is 5.97. The fourth-order valence-corrected chi connectivity index (χ4v) is 3.08. The first-order chi connectivity index (χ1) is 13.3. The molecule has 4 rings (SSSR count). The summed E-state index contributed by atoms with van der Waals surface area (Å²) < 4.78 is 16.9. The molecule has 0 radical (unpaired) electrons. The Bertz CT molecular complexity index is 752. The van der Waals surface area contributed by atoms with E-state index in [1.54, 1.807) is 18.3 Å². The van der Waals surface area contributed by atoms with Crippen molar-refractivity contribution < 1.29 is 13.9 Å². The summed E-state index contributed by atoms with van der Waals surface area (Å²) in [5.41, 5.74) is 2.88. The SMILES string of the molecule is Brc1ccc(/C=N/Nc2nc(N3CCOCC3)nc(N3CCOCC3)n2)o1. The first kappa shape index (κ1) is 18.1. The largest absolute Gasteiger partial charge is 0.448 e. The van der Waals surface area contributed by atoms with Crippen LogP contribution in [0.3, 0.4) is 0 Å². The molecule has 0 bridgehead atoms. The Balaban J connectivity index is 1.55. The minimum atomic E-state index is 0.384. The van der Waals surface area contributed by atoms with Crippen molar-refractivity contribution in [3.8, 4) is 0 Å². The van der Waals surface area contributed by atoms with Crippen molar-refractivity contribution in [1.29, 1.82) is 0 Å². The number of aromatic nitrogens is 3. The summed E-state index contributed by atoms with van der Waals surface area (Å²) in [5, 5.41) is 4.17. The summed E-state index contributed by atoms with van der Waals surface area (Å²) in [6, 6.07) is 3.61. The van der Waals surface area contributed by atoms with Crippen molar-refractivity contribution in [3.63, 3.8) is 0 Å². The lowest BCUT2D eigenvalue weighted by Gasteiger charge is -2.30. The second kappa shape index (κ2) is 8.63. The predicted molar refractivity (Wildman–Crippen MR) is 104 cm³/mol. The van der Waals surface area contributed by atoms with Gasteiger partial charge in [0, 0.05) is 26.2 Å². The highest BCUT2D eigenvalue weighted by Crippen LogP contribution is 2.19. The van der Waals surface area contributed by atoms with Gasteiger partial charge in [0.05, 0.1) is 32.6 Å². The Kier molecular flexibility index (Phi) is 5.80. The lowest BCUT2D eigenvalue weighted by Crippen LogP contribution is -2.40. The number of anilines is 3. The van der Waals surface area contributed by atoms with Gasteiger partial charge in [0.15, 0.2) is 4.67 Å². The summed E-state index contributed by atoms with van der Waals surface area (Å²) in [5.74, 6) is 2.24. The van der Waals surface area contributed by atoms with Crippen LogP contribution in [0.25, 0.3) is 0 Å². The molecule has 0 atom stereocenters. The standard InChI is InChI=1S/C16H20BrN7O3/c17-13-2-1-12(27-13)11-18-22-14-19-15(23-3-7-25-8-4-23)21-16(20-14)24-5-9-26-10-6-24/h1-2,11H,3-10H2,(H,19,20,21,22)/b18-11+. The fraction of sp³-hybridized carbons (Fsp3) is 0.500. The maximum absolute atomic E-state index is 5.42. The van der Waals surface area contributed by atoms with Crippen LogP contribution in [-0.4, -0.2) is 73.8 Å². The Morgan fingerprint density at radius 2 is 1.52 bits per heavy atom. The molecule has 2 aromatic heterocycles. The number of ether oxygens (including phenoxy) is 2. The van der Waals surface area contributed by atoms with Crippen LogP contribution in [0.5, 0.6) is 0 Å². The van der Waals surface area contributed by atoms with Crippen LogP contribution in [0.15, 0.2) is 26.3 Å². The Morgan fingerprint density at radius 1 is 0.926 bits per heavy atom. The lowest BCUT2D eigenvalue weighted by atomic mass is 10.4. The maximum atomic E-state index is 5.42. The van der Waals surface area contributed by atoms with Crippen LogP contribution in [0.1, 0.15) is 5.76 Å². The van der Waals surface area contributed by atoms with Crippen LogP contribution in [-0.2, 0) is 9.47 Å². The molecule has 1 N–H and O–H groups in total. The van der Waals surface area contributed by atoms with Crippen molar-refractivity contribution in [2.24, 2.45) is 5.10 Å². The monoisotopic (exact) mass is 437 g/mol. The minimum Gasteiger partial charge on any atom is -0.448 e. The van der Waals surface area contributed by atoms with Gasteiger partial charge >= 0.3 is 0 Å². The molecule has 2 saturated heterocycles. The van der Waals surface area contributed by atoms with E-state index in [9.17, 15) is 0 Å². The molecule has 0 aliphatic carbocycles. The summed E-state index contributed by atoms with van der Waals surface area (Å²) in [6.45, 7) is 5.62. The van der Waals surface area contributed by atoms with E-state index in [0.29, 0.717) is 54.7 Å². The molecule has 2 aromatic rings. The van der Waals surface area contributed by atoms with Crippen molar-refractivity contribution in [3.05, 3.63) is 22.6 Å². The number of morpholine rings is 2. The molecule has 0 saturated carbocycles. The first-order valence-corrected chi connectivity index (χ1v) is 9.53. The van der Waals surface area contributed by atoms with Crippen LogP contribution in [0, 0.1) is 0 Å². The van der Waals surface area contributed by atoms with Gasteiger partial charge in [-0.2, -0.15) is 20.1 Å². The van der Waals surface area contributed by atoms with Crippen LogP contribution >= 0.6 is 15.9 Å². The van der Waals surface area contributed by atoms with E-state index < -0.39 is 0 Å². The number of hydrogen-bond donors (Lipinski definition) is 1. The topological polar surface area (TPSA) is 101 Å². The summed E-state index contributed by atoms with van der Waals surface area (Å²) in [6.07, 6.45) is 1.57. The second-order valence-corrected chi connectivity index (χ2v) is 6.75. The first-order valence-electron chi connectivity index (χ1n) is 8.74. The smallest absolute Gasteiger partial charge is 0.250 e. The summed E-state index contributed by atoms with van der Waals surface area (Å²) >= 11 is 3.26. The van der Waals surface area contributed by atoms with Gasteiger partial charge in [-0.1, -0.05) is 0 Å². The van der Waals surface area contributed by atoms with Gasteiger partial charge in [-0.3, -0.25) is 0 Å². The number of hydrogen-bond acceptors (Lipinski definition) is 10. The zero-order chi connectivity index (χ0) is 18.5. The van der Waals surface area contributed by atoms with Gasteiger partial charge < -0.3 is 23.7 Å². The fourth-order valence-electron chi connectivity index (χ4n) is 2.76. The highest BCUT2D eigenvalue weighted by atomic mass is 79.9. The molecule has 2 aliphatic rings. The summed E-state index contributed by atoms with van der Waals surface area (Å²) in [4.78, 5) is 17.9. The molecule has 0 spiro atoms. The molecule has 0 aromatic carbocycles. The molecule has 144 valence electrons. The van der Waals surface area contributed by atoms with E-state index in [0.717, 1.165) is 26.2 Å². The van der Waals surface area contributed by atoms with Gasteiger partial charge in [-0.15, -0.1) is 0 Å². The molecule has 11 heteroatoms. The van der Waals surface area contributed by atoms with Gasteiger partial charge in [0.25, 0.3) is 0 Å². The van der Waals surface area contributed by atoms with E-state index in [1.807, 2.05) is 0 Å². The number of rotatable bonds is 5.